The first-order valence-electron chi connectivity index (χ1n) is 8.32. The molecule has 4 heteroatoms. The third-order valence-corrected chi connectivity index (χ3v) is 5.23. The summed E-state index contributed by atoms with van der Waals surface area (Å²) in [6, 6.07) is 11.6. The highest BCUT2D eigenvalue weighted by Gasteiger charge is 2.45. The van der Waals surface area contributed by atoms with E-state index in [2.05, 4.69) is 22.0 Å². The van der Waals surface area contributed by atoms with Gasteiger partial charge >= 0.3 is 0 Å². The first kappa shape index (κ1) is 14.6. The van der Waals surface area contributed by atoms with Crippen LogP contribution in [0.3, 0.4) is 0 Å². The SMILES string of the molecule is Fc1ccc(OC[C@@H]2[C@H]3CC[C@H](C3)N2Cc2ccncc2)cc1. The predicted octanol–water partition coefficient (Wildman–Crippen LogP) is 3.65. The van der Waals surface area contributed by atoms with Crippen LogP contribution in [0.1, 0.15) is 24.8 Å². The molecule has 2 aliphatic rings. The number of likely N-dealkylation sites (tertiary alicyclic amines) is 1. The summed E-state index contributed by atoms with van der Waals surface area (Å²) in [7, 11) is 0. The molecule has 23 heavy (non-hydrogen) atoms. The lowest BCUT2D eigenvalue weighted by atomic mass is 9.99. The number of fused-ring (bicyclic) bond motifs is 2. The number of benzene rings is 1. The highest BCUT2D eigenvalue weighted by molar-refractivity contribution is 5.22. The molecule has 3 nitrogen and oxygen atoms in total. The van der Waals surface area contributed by atoms with Gasteiger partial charge in [-0.25, -0.2) is 4.39 Å². The van der Waals surface area contributed by atoms with E-state index in [1.54, 1.807) is 12.1 Å². The molecule has 2 fully saturated rings. The fraction of sp³-hybridized carbons (Fsp3) is 0.421. The Morgan fingerprint density at radius 2 is 1.87 bits per heavy atom. The van der Waals surface area contributed by atoms with Gasteiger partial charge < -0.3 is 4.74 Å². The zero-order valence-corrected chi connectivity index (χ0v) is 13.1. The lowest BCUT2D eigenvalue weighted by molar-refractivity contribution is 0.0867. The van der Waals surface area contributed by atoms with E-state index in [1.165, 1.54) is 37.0 Å². The Hall–Kier alpha value is -1.94. The molecule has 0 spiro atoms. The van der Waals surface area contributed by atoms with E-state index in [4.69, 9.17) is 4.74 Å². The van der Waals surface area contributed by atoms with Crippen LogP contribution >= 0.6 is 0 Å². The van der Waals surface area contributed by atoms with Crippen LogP contribution < -0.4 is 4.74 Å². The Labute approximate surface area is 136 Å². The molecular weight excluding hydrogens is 291 g/mol. The third kappa shape index (κ3) is 3.08. The number of aromatic nitrogens is 1. The van der Waals surface area contributed by atoms with Gasteiger partial charge in [0.05, 0.1) is 0 Å². The van der Waals surface area contributed by atoms with Crippen molar-refractivity contribution in [2.45, 2.75) is 37.9 Å². The fourth-order valence-corrected chi connectivity index (χ4v) is 4.07. The summed E-state index contributed by atoms with van der Waals surface area (Å²) < 4.78 is 18.9. The van der Waals surface area contributed by atoms with Gasteiger partial charge in [0.15, 0.2) is 0 Å². The molecule has 1 aromatic carbocycles. The van der Waals surface area contributed by atoms with Crippen LogP contribution in [0.25, 0.3) is 0 Å². The minimum Gasteiger partial charge on any atom is -0.492 e. The standard InChI is InChI=1S/C19H21FN2O/c20-16-2-5-18(6-3-16)23-13-19-15-1-4-17(11-15)22(19)12-14-7-9-21-10-8-14/h2-3,5-10,15,17,19H,1,4,11-13H2/t15-,17+,19+/m0/s1. The molecule has 120 valence electrons. The number of piperidine rings is 1. The van der Waals surface area contributed by atoms with Crippen LogP contribution in [-0.4, -0.2) is 28.6 Å². The van der Waals surface area contributed by atoms with Crippen molar-refractivity contribution in [2.24, 2.45) is 5.92 Å². The van der Waals surface area contributed by atoms with Gasteiger partial charge in [0.2, 0.25) is 0 Å². The van der Waals surface area contributed by atoms with Crippen molar-refractivity contribution in [3.8, 4) is 5.75 Å². The van der Waals surface area contributed by atoms with Crippen LogP contribution in [0.2, 0.25) is 0 Å². The Balaban J connectivity index is 1.44. The smallest absolute Gasteiger partial charge is 0.123 e. The van der Waals surface area contributed by atoms with E-state index < -0.39 is 0 Å². The molecule has 4 rings (SSSR count). The largest absolute Gasteiger partial charge is 0.492 e. The highest BCUT2D eigenvalue weighted by Crippen LogP contribution is 2.43. The van der Waals surface area contributed by atoms with Crippen molar-refractivity contribution in [2.75, 3.05) is 6.61 Å². The van der Waals surface area contributed by atoms with Gasteiger partial charge in [-0.05, 0) is 67.1 Å². The van der Waals surface area contributed by atoms with Gasteiger partial charge in [0.25, 0.3) is 0 Å². The van der Waals surface area contributed by atoms with Gasteiger partial charge in [-0.1, -0.05) is 0 Å². The third-order valence-electron chi connectivity index (χ3n) is 5.23. The highest BCUT2D eigenvalue weighted by atomic mass is 19.1. The quantitative estimate of drug-likeness (QED) is 0.842. The molecule has 2 aromatic rings. The van der Waals surface area contributed by atoms with Gasteiger partial charge in [-0.3, -0.25) is 9.88 Å². The summed E-state index contributed by atoms with van der Waals surface area (Å²) in [5, 5.41) is 0. The maximum Gasteiger partial charge on any atom is 0.123 e. The summed E-state index contributed by atoms with van der Waals surface area (Å²) in [6.45, 7) is 1.64. The molecule has 0 N–H and O–H groups in total. The summed E-state index contributed by atoms with van der Waals surface area (Å²) in [5.41, 5.74) is 1.30. The lowest BCUT2D eigenvalue weighted by Crippen LogP contribution is -2.43. The summed E-state index contributed by atoms with van der Waals surface area (Å²) in [6.07, 6.45) is 7.58. The molecule has 2 heterocycles. The number of rotatable bonds is 5. The van der Waals surface area contributed by atoms with Gasteiger partial charge in [-0.2, -0.15) is 0 Å². The molecule has 3 atom stereocenters. The second kappa shape index (κ2) is 6.28. The van der Waals surface area contributed by atoms with Crippen molar-refractivity contribution >= 4 is 0 Å². The van der Waals surface area contributed by atoms with Crippen LogP contribution in [-0.2, 0) is 6.54 Å². The van der Waals surface area contributed by atoms with E-state index >= 15 is 0 Å². The monoisotopic (exact) mass is 312 g/mol. The summed E-state index contributed by atoms with van der Waals surface area (Å²) >= 11 is 0. The maximum atomic E-state index is 13.0. The van der Waals surface area contributed by atoms with E-state index in [1.807, 2.05) is 12.4 Å². The van der Waals surface area contributed by atoms with Crippen molar-refractivity contribution in [3.05, 3.63) is 60.2 Å². The number of nitrogens with zero attached hydrogens (tertiary/aromatic N) is 2. The maximum absolute atomic E-state index is 13.0. The number of halogens is 1. The van der Waals surface area contributed by atoms with Crippen molar-refractivity contribution in [3.63, 3.8) is 0 Å². The molecule has 0 amide bonds. The average Bonchev–Trinajstić information content (AvgIpc) is 3.17. The Kier molecular flexibility index (Phi) is 4.00. The summed E-state index contributed by atoms with van der Waals surface area (Å²) in [4.78, 5) is 6.69. The number of hydrogen-bond donors (Lipinski definition) is 0. The molecule has 1 saturated heterocycles. The molecule has 0 radical (unpaired) electrons. The molecule has 1 aliphatic carbocycles. The topological polar surface area (TPSA) is 25.4 Å². The van der Waals surface area contributed by atoms with Gasteiger partial charge in [0.1, 0.15) is 18.2 Å². The normalized spacial score (nSPS) is 26.6. The lowest BCUT2D eigenvalue weighted by Gasteiger charge is -2.35. The Morgan fingerprint density at radius 1 is 1.09 bits per heavy atom. The van der Waals surface area contributed by atoms with Crippen molar-refractivity contribution < 1.29 is 9.13 Å². The van der Waals surface area contributed by atoms with Crippen LogP contribution in [0.5, 0.6) is 5.75 Å². The predicted molar refractivity (Wildman–Crippen MR) is 86.6 cm³/mol. The Bertz CT molecular complexity index is 646. The first-order valence-corrected chi connectivity index (χ1v) is 8.32. The fourth-order valence-electron chi connectivity index (χ4n) is 4.07. The molecular formula is C19H21FN2O. The molecule has 1 aliphatic heterocycles. The van der Waals surface area contributed by atoms with Crippen molar-refractivity contribution in [1.29, 1.82) is 0 Å². The van der Waals surface area contributed by atoms with E-state index in [0.29, 0.717) is 18.7 Å². The van der Waals surface area contributed by atoms with Crippen LogP contribution in [0, 0.1) is 11.7 Å². The van der Waals surface area contributed by atoms with Gasteiger partial charge in [-0.15, -0.1) is 0 Å². The molecule has 1 saturated carbocycles. The van der Waals surface area contributed by atoms with Gasteiger partial charge in [0, 0.05) is 31.0 Å². The number of ether oxygens (including phenoxy) is 1. The molecule has 0 unspecified atom stereocenters. The zero-order valence-electron chi connectivity index (χ0n) is 13.1. The number of pyridine rings is 1. The van der Waals surface area contributed by atoms with E-state index in [9.17, 15) is 4.39 Å². The van der Waals surface area contributed by atoms with E-state index in [-0.39, 0.29) is 5.82 Å². The average molecular weight is 312 g/mol. The number of hydrogen-bond acceptors (Lipinski definition) is 3. The zero-order chi connectivity index (χ0) is 15.6. The van der Waals surface area contributed by atoms with Crippen molar-refractivity contribution in [1.82, 2.24) is 9.88 Å². The van der Waals surface area contributed by atoms with Crippen LogP contribution in [0.15, 0.2) is 48.8 Å². The minimum absolute atomic E-state index is 0.225. The summed E-state index contributed by atoms with van der Waals surface area (Å²) in [5.74, 6) is 1.25. The second-order valence-corrected chi connectivity index (χ2v) is 6.59. The molecule has 1 aromatic heterocycles. The second-order valence-electron chi connectivity index (χ2n) is 6.59. The van der Waals surface area contributed by atoms with E-state index in [0.717, 1.165) is 18.2 Å². The van der Waals surface area contributed by atoms with Crippen LogP contribution in [0.4, 0.5) is 4.39 Å². The molecule has 2 bridgehead atoms. The minimum atomic E-state index is -0.225. The Morgan fingerprint density at radius 3 is 2.65 bits per heavy atom. The first-order chi connectivity index (χ1) is 11.3.